The van der Waals surface area contributed by atoms with Crippen LogP contribution in [0.2, 0.25) is 0 Å². The number of benzene rings is 1. The monoisotopic (exact) mass is 339 g/mol. The van der Waals surface area contributed by atoms with Gasteiger partial charge in [0.15, 0.2) is 0 Å². The van der Waals surface area contributed by atoms with Gasteiger partial charge >= 0.3 is 5.97 Å². The molecule has 1 aliphatic rings. The van der Waals surface area contributed by atoms with Crippen molar-refractivity contribution in [3.05, 3.63) is 34.3 Å². The zero-order valence-corrected chi connectivity index (χ0v) is 13.0. The first kappa shape index (κ1) is 15.0. The Kier molecular flexibility index (Phi) is 4.81. The molecule has 0 radical (unpaired) electrons. The van der Waals surface area contributed by atoms with E-state index in [-0.39, 0.29) is 17.7 Å². The first-order valence-corrected chi connectivity index (χ1v) is 7.51. The molecule has 4 nitrogen and oxygen atoms in total. The molecular formula is C15H18BrNO3. The van der Waals surface area contributed by atoms with Gasteiger partial charge in [0, 0.05) is 17.6 Å². The summed E-state index contributed by atoms with van der Waals surface area (Å²) in [7, 11) is 0. The van der Waals surface area contributed by atoms with Gasteiger partial charge in [0.05, 0.1) is 12.3 Å². The van der Waals surface area contributed by atoms with E-state index >= 15 is 0 Å². The van der Waals surface area contributed by atoms with Crippen molar-refractivity contribution < 1.29 is 14.7 Å². The number of amides is 1. The summed E-state index contributed by atoms with van der Waals surface area (Å²) in [5.41, 5.74) is 0.970. The summed E-state index contributed by atoms with van der Waals surface area (Å²) >= 11 is 3.39. The van der Waals surface area contributed by atoms with E-state index in [0.29, 0.717) is 25.9 Å². The molecule has 1 amide bonds. The Hall–Kier alpha value is -1.36. The van der Waals surface area contributed by atoms with Gasteiger partial charge in [-0.25, -0.2) is 0 Å². The lowest BCUT2D eigenvalue weighted by molar-refractivity contribution is -0.148. The quantitative estimate of drug-likeness (QED) is 0.920. The Morgan fingerprint density at radius 1 is 1.45 bits per heavy atom. The van der Waals surface area contributed by atoms with Gasteiger partial charge in [-0.2, -0.15) is 0 Å². The van der Waals surface area contributed by atoms with E-state index in [2.05, 4.69) is 15.9 Å². The van der Waals surface area contributed by atoms with Crippen molar-refractivity contribution in [2.24, 2.45) is 11.8 Å². The van der Waals surface area contributed by atoms with Gasteiger partial charge in [-0.3, -0.25) is 9.59 Å². The van der Waals surface area contributed by atoms with Gasteiger partial charge in [0.1, 0.15) is 0 Å². The fourth-order valence-electron chi connectivity index (χ4n) is 2.67. The van der Waals surface area contributed by atoms with Crippen LogP contribution in [0.1, 0.15) is 18.9 Å². The van der Waals surface area contributed by atoms with E-state index in [0.717, 1.165) is 10.0 Å². The highest BCUT2D eigenvalue weighted by atomic mass is 79.9. The molecule has 2 unspecified atom stereocenters. The summed E-state index contributed by atoms with van der Waals surface area (Å²) in [6, 6.07) is 7.70. The number of carboxylic acid groups (broad SMARTS) is 1. The molecule has 1 N–H and O–H groups in total. The van der Waals surface area contributed by atoms with Crippen LogP contribution < -0.4 is 0 Å². The fraction of sp³-hybridized carbons (Fsp3) is 0.467. The number of carbonyl (C=O) groups excluding carboxylic acids is 1. The van der Waals surface area contributed by atoms with Crippen molar-refractivity contribution in [2.45, 2.75) is 19.8 Å². The maximum Gasteiger partial charge on any atom is 0.306 e. The van der Waals surface area contributed by atoms with Crippen LogP contribution in [0.4, 0.5) is 0 Å². The van der Waals surface area contributed by atoms with E-state index in [1.807, 2.05) is 31.2 Å². The molecule has 1 aromatic rings. The number of carbonyl (C=O) groups is 2. The van der Waals surface area contributed by atoms with E-state index in [1.165, 1.54) is 0 Å². The Morgan fingerprint density at radius 2 is 2.20 bits per heavy atom. The van der Waals surface area contributed by atoms with Crippen LogP contribution in [-0.4, -0.2) is 35.0 Å². The highest BCUT2D eigenvalue weighted by Gasteiger charge is 2.32. The third-order valence-electron chi connectivity index (χ3n) is 3.82. The molecule has 108 valence electrons. The number of halogens is 1. The standard InChI is InChI=1S/C15H18BrNO3/c1-10-9-17(6-5-13(10)15(19)20)14(18)8-11-3-2-4-12(16)7-11/h2-4,7,10,13H,5-6,8-9H2,1H3,(H,19,20). The topological polar surface area (TPSA) is 57.6 Å². The van der Waals surface area contributed by atoms with Crippen molar-refractivity contribution in [1.29, 1.82) is 0 Å². The lowest BCUT2D eigenvalue weighted by atomic mass is 9.87. The van der Waals surface area contributed by atoms with Crippen molar-refractivity contribution >= 4 is 27.8 Å². The lowest BCUT2D eigenvalue weighted by Gasteiger charge is -2.35. The first-order valence-electron chi connectivity index (χ1n) is 6.72. The number of aliphatic carboxylic acids is 1. The molecule has 2 atom stereocenters. The third kappa shape index (κ3) is 3.60. The predicted octanol–water partition coefficient (Wildman–Crippen LogP) is 2.56. The summed E-state index contributed by atoms with van der Waals surface area (Å²) in [5.74, 6) is -1.01. The molecule has 1 saturated heterocycles. The lowest BCUT2D eigenvalue weighted by Crippen LogP contribution is -2.45. The number of rotatable bonds is 3. The molecular weight excluding hydrogens is 322 g/mol. The molecule has 1 aliphatic heterocycles. The molecule has 0 bridgehead atoms. The smallest absolute Gasteiger partial charge is 0.306 e. The molecule has 5 heteroatoms. The van der Waals surface area contributed by atoms with Crippen molar-refractivity contribution in [3.63, 3.8) is 0 Å². The number of likely N-dealkylation sites (tertiary alicyclic amines) is 1. The van der Waals surface area contributed by atoms with Gasteiger partial charge in [0.25, 0.3) is 0 Å². The fourth-order valence-corrected chi connectivity index (χ4v) is 3.12. The molecule has 20 heavy (non-hydrogen) atoms. The molecule has 1 fully saturated rings. The summed E-state index contributed by atoms with van der Waals surface area (Å²) in [6.45, 7) is 2.97. The van der Waals surface area contributed by atoms with Crippen molar-refractivity contribution in [3.8, 4) is 0 Å². The van der Waals surface area contributed by atoms with Crippen LogP contribution in [0.15, 0.2) is 28.7 Å². The van der Waals surface area contributed by atoms with Gasteiger partial charge < -0.3 is 10.0 Å². The molecule has 1 heterocycles. The molecule has 2 rings (SSSR count). The van der Waals surface area contributed by atoms with E-state index < -0.39 is 5.97 Å². The average Bonchev–Trinajstić information content (AvgIpc) is 2.38. The van der Waals surface area contributed by atoms with Gasteiger partial charge in [-0.15, -0.1) is 0 Å². The number of hydrogen-bond donors (Lipinski definition) is 1. The van der Waals surface area contributed by atoms with E-state index in [9.17, 15) is 9.59 Å². The zero-order valence-electron chi connectivity index (χ0n) is 11.4. The summed E-state index contributed by atoms with van der Waals surface area (Å²) in [5, 5.41) is 9.09. The largest absolute Gasteiger partial charge is 0.481 e. The Morgan fingerprint density at radius 3 is 2.80 bits per heavy atom. The summed E-state index contributed by atoms with van der Waals surface area (Å²) < 4.78 is 0.959. The third-order valence-corrected chi connectivity index (χ3v) is 4.31. The van der Waals surface area contributed by atoms with Crippen molar-refractivity contribution in [1.82, 2.24) is 4.90 Å². The highest BCUT2D eigenvalue weighted by molar-refractivity contribution is 9.10. The minimum absolute atomic E-state index is 0.00714. The van der Waals surface area contributed by atoms with E-state index in [4.69, 9.17) is 5.11 Å². The van der Waals surface area contributed by atoms with Crippen LogP contribution in [0.25, 0.3) is 0 Å². The maximum atomic E-state index is 12.3. The minimum atomic E-state index is -0.753. The second kappa shape index (κ2) is 6.39. The molecule has 0 spiro atoms. The Balaban J connectivity index is 1.96. The molecule has 1 aromatic carbocycles. The molecule has 0 saturated carbocycles. The average molecular weight is 340 g/mol. The van der Waals surface area contributed by atoms with Crippen molar-refractivity contribution in [2.75, 3.05) is 13.1 Å². The highest BCUT2D eigenvalue weighted by Crippen LogP contribution is 2.24. The summed E-state index contributed by atoms with van der Waals surface area (Å²) in [6.07, 6.45) is 0.907. The Bertz CT molecular complexity index is 518. The second-order valence-corrected chi connectivity index (χ2v) is 6.27. The zero-order chi connectivity index (χ0) is 14.7. The van der Waals surface area contributed by atoms with Crippen LogP contribution >= 0.6 is 15.9 Å². The number of carboxylic acids is 1. The second-order valence-electron chi connectivity index (χ2n) is 5.36. The van der Waals surface area contributed by atoms with Gasteiger partial charge in [-0.05, 0) is 30.0 Å². The Labute approximate surface area is 126 Å². The van der Waals surface area contributed by atoms with Gasteiger partial charge in [0.2, 0.25) is 5.91 Å². The van der Waals surface area contributed by atoms with Gasteiger partial charge in [-0.1, -0.05) is 35.0 Å². The number of piperidine rings is 1. The van der Waals surface area contributed by atoms with Crippen LogP contribution in [-0.2, 0) is 16.0 Å². The van der Waals surface area contributed by atoms with Crippen LogP contribution in [0, 0.1) is 11.8 Å². The SMILES string of the molecule is CC1CN(C(=O)Cc2cccc(Br)c2)CCC1C(=O)O. The summed E-state index contributed by atoms with van der Waals surface area (Å²) in [4.78, 5) is 25.1. The normalized spacial score (nSPS) is 22.6. The number of hydrogen-bond acceptors (Lipinski definition) is 2. The predicted molar refractivity (Wildman–Crippen MR) is 79.3 cm³/mol. The number of nitrogens with zero attached hydrogens (tertiary/aromatic N) is 1. The maximum absolute atomic E-state index is 12.3. The van der Waals surface area contributed by atoms with Crippen LogP contribution in [0.3, 0.4) is 0 Å². The molecule has 0 aromatic heterocycles. The minimum Gasteiger partial charge on any atom is -0.481 e. The first-order chi connectivity index (χ1) is 9.47. The van der Waals surface area contributed by atoms with Crippen LogP contribution in [0.5, 0.6) is 0 Å². The van der Waals surface area contributed by atoms with E-state index in [1.54, 1.807) is 4.90 Å². The molecule has 0 aliphatic carbocycles.